The third-order valence-electron chi connectivity index (χ3n) is 3.33. The second kappa shape index (κ2) is 6.81. The van der Waals surface area contributed by atoms with Gasteiger partial charge in [0.25, 0.3) is 5.91 Å². The maximum atomic E-state index is 12.1. The largest absolute Gasteiger partial charge is 0.452 e. The topological polar surface area (TPSA) is 42.2 Å². The molecule has 1 aromatic carbocycles. The van der Waals surface area contributed by atoms with Crippen molar-refractivity contribution >= 4 is 17.5 Å². The zero-order valence-electron chi connectivity index (χ0n) is 12.5. The van der Waals surface area contributed by atoms with Crippen molar-refractivity contribution in [2.24, 2.45) is 5.92 Å². The standard InChI is InChI=1S/C17H20ClNO2/c1-11(2)10-13-4-6-14(7-5-13)12(3)19-17(20)15-8-9-21-16(15)18/h4-9,11-12H,10H2,1-3H3,(H,19,20). The monoisotopic (exact) mass is 305 g/mol. The molecule has 3 nitrogen and oxygen atoms in total. The van der Waals surface area contributed by atoms with Gasteiger partial charge >= 0.3 is 0 Å². The van der Waals surface area contributed by atoms with Crippen LogP contribution >= 0.6 is 11.6 Å². The molecule has 0 bridgehead atoms. The lowest BCUT2D eigenvalue weighted by Gasteiger charge is -2.15. The van der Waals surface area contributed by atoms with Gasteiger partial charge in [-0.05, 0) is 48.1 Å². The number of nitrogens with one attached hydrogen (secondary N) is 1. The lowest BCUT2D eigenvalue weighted by atomic mass is 10.00. The number of hydrogen-bond donors (Lipinski definition) is 1. The van der Waals surface area contributed by atoms with Gasteiger partial charge in [-0.25, -0.2) is 0 Å². The Labute approximate surface area is 130 Å². The number of carbonyl (C=O) groups is 1. The first kappa shape index (κ1) is 15.6. The van der Waals surface area contributed by atoms with Gasteiger partial charge in [0.1, 0.15) is 0 Å². The molecule has 1 amide bonds. The van der Waals surface area contributed by atoms with Gasteiger partial charge in [0.15, 0.2) is 0 Å². The van der Waals surface area contributed by atoms with Crippen molar-refractivity contribution in [1.29, 1.82) is 0 Å². The maximum absolute atomic E-state index is 12.1. The van der Waals surface area contributed by atoms with Crippen LogP contribution in [0.15, 0.2) is 41.0 Å². The number of carbonyl (C=O) groups excluding carboxylic acids is 1. The predicted molar refractivity (Wildman–Crippen MR) is 84.6 cm³/mol. The Morgan fingerprint density at radius 1 is 1.19 bits per heavy atom. The third-order valence-corrected chi connectivity index (χ3v) is 3.63. The second-order valence-electron chi connectivity index (χ2n) is 5.64. The van der Waals surface area contributed by atoms with Crippen molar-refractivity contribution < 1.29 is 9.21 Å². The average molecular weight is 306 g/mol. The summed E-state index contributed by atoms with van der Waals surface area (Å²) in [5.41, 5.74) is 2.74. The summed E-state index contributed by atoms with van der Waals surface area (Å²) in [6.07, 6.45) is 2.47. The number of amides is 1. The summed E-state index contributed by atoms with van der Waals surface area (Å²) in [6.45, 7) is 6.35. The molecule has 0 aliphatic rings. The number of furan rings is 1. The summed E-state index contributed by atoms with van der Waals surface area (Å²) in [5.74, 6) is 0.406. The van der Waals surface area contributed by atoms with E-state index in [1.54, 1.807) is 6.07 Å². The Morgan fingerprint density at radius 2 is 1.86 bits per heavy atom. The lowest BCUT2D eigenvalue weighted by Crippen LogP contribution is -2.26. The minimum Gasteiger partial charge on any atom is -0.452 e. The summed E-state index contributed by atoms with van der Waals surface area (Å²) >= 11 is 5.81. The quantitative estimate of drug-likeness (QED) is 0.875. The molecule has 1 heterocycles. The fraction of sp³-hybridized carbons (Fsp3) is 0.353. The van der Waals surface area contributed by atoms with Crippen molar-refractivity contribution in [2.45, 2.75) is 33.2 Å². The van der Waals surface area contributed by atoms with Crippen LogP contribution in [0.25, 0.3) is 0 Å². The Balaban J connectivity index is 2.01. The molecule has 0 spiro atoms. The molecule has 1 aromatic heterocycles. The first-order valence-electron chi connectivity index (χ1n) is 7.10. The van der Waals surface area contributed by atoms with Crippen LogP contribution in [0.5, 0.6) is 0 Å². The van der Waals surface area contributed by atoms with Gasteiger partial charge < -0.3 is 9.73 Å². The van der Waals surface area contributed by atoms with Crippen molar-refractivity contribution in [3.05, 3.63) is 58.5 Å². The molecule has 112 valence electrons. The molecule has 0 aliphatic carbocycles. The Bertz CT molecular complexity index is 602. The van der Waals surface area contributed by atoms with Crippen LogP contribution in [0.2, 0.25) is 5.22 Å². The van der Waals surface area contributed by atoms with Crippen LogP contribution in [0, 0.1) is 5.92 Å². The molecular formula is C17H20ClNO2. The highest BCUT2D eigenvalue weighted by Crippen LogP contribution is 2.19. The summed E-state index contributed by atoms with van der Waals surface area (Å²) < 4.78 is 4.93. The number of hydrogen-bond acceptors (Lipinski definition) is 2. The highest BCUT2D eigenvalue weighted by atomic mass is 35.5. The highest BCUT2D eigenvalue weighted by molar-refractivity contribution is 6.32. The maximum Gasteiger partial charge on any atom is 0.256 e. The fourth-order valence-corrected chi connectivity index (χ4v) is 2.43. The molecule has 0 saturated heterocycles. The van der Waals surface area contributed by atoms with E-state index in [0.29, 0.717) is 11.5 Å². The van der Waals surface area contributed by atoms with Gasteiger partial charge in [-0.3, -0.25) is 4.79 Å². The molecule has 1 N–H and O–H groups in total. The Morgan fingerprint density at radius 3 is 2.38 bits per heavy atom. The van der Waals surface area contributed by atoms with E-state index >= 15 is 0 Å². The molecular weight excluding hydrogens is 286 g/mol. The molecule has 0 radical (unpaired) electrons. The van der Waals surface area contributed by atoms with Crippen LogP contribution in [0.1, 0.15) is 48.3 Å². The van der Waals surface area contributed by atoms with Crippen molar-refractivity contribution in [1.82, 2.24) is 5.32 Å². The van der Waals surface area contributed by atoms with Gasteiger partial charge in [-0.1, -0.05) is 38.1 Å². The van der Waals surface area contributed by atoms with Crippen LogP contribution in [0.4, 0.5) is 0 Å². The molecule has 2 rings (SSSR count). The highest BCUT2D eigenvalue weighted by Gasteiger charge is 2.16. The van der Waals surface area contributed by atoms with Crippen molar-refractivity contribution in [3.63, 3.8) is 0 Å². The fourth-order valence-electron chi connectivity index (χ4n) is 2.23. The minimum absolute atomic E-state index is 0.0865. The number of benzene rings is 1. The molecule has 1 atom stereocenters. The Hall–Kier alpha value is -1.74. The zero-order chi connectivity index (χ0) is 15.4. The molecule has 0 saturated carbocycles. The average Bonchev–Trinajstić information content (AvgIpc) is 2.85. The molecule has 21 heavy (non-hydrogen) atoms. The lowest BCUT2D eigenvalue weighted by molar-refractivity contribution is 0.0939. The van der Waals surface area contributed by atoms with Crippen LogP contribution in [-0.2, 0) is 6.42 Å². The van der Waals surface area contributed by atoms with Gasteiger partial charge in [0, 0.05) is 0 Å². The third kappa shape index (κ3) is 4.11. The first-order valence-corrected chi connectivity index (χ1v) is 7.48. The number of rotatable bonds is 5. The number of halogens is 1. The van der Waals surface area contributed by atoms with E-state index in [-0.39, 0.29) is 17.2 Å². The van der Waals surface area contributed by atoms with Gasteiger partial charge in [0.05, 0.1) is 17.9 Å². The van der Waals surface area contributed by atoms with E-state index in [2.05, 4.69) is 43.4 Å². The van der Waals surface area contributed by atoms with E-state index in [1.807, 2.05) is 6.92 Å². The van der Waals surface area contributed by atoms with E-state index in [4.69, 9.17) is 16.0 Å². The summed E-state index contributed by atoms with van der Waals surface area (Å²) in [7, 11) is 0. The molecule has 4 heteroatoms. The smallest absolute Gasteiger partial charge is 0.256 e. The predicted octanol–water partition coefficient (Wildman–Crippen LogP) is 4.62. The SMILES string of the molecule is CC(C)Cc1ccc(C(C)NC(=O)c2ccoc2Cl)cc1. The molecule has 1 unspecified atom stereocenters. The van der Waals surface area contributed by atoms with Crippen molar-refractivity contribution in [3.8, 4) is 0 Å². The summed E-state index contributed by atoms with van der Waals surface area (Å²) in [5, 5.41) is 3.03. The normalized spacial score (nSPS) is 12.4. The molecule has 2 aromatic rings. The minimum atomic E-state index is -0.229. The van der Waals surface area contributed by atoms with Crippen LogP contribution < -0.4 is 5.32 Å². The molecule has 0 fully saturated rings. The van der Waals surface area contributed by atoms with E-state index < -0.39 is 0 Å². The summed E-state index contributed by atoms with van der Waals surface area (Å²) in [4.78, 5) is 12.1. The van der Waals surface area contributed by atoms with Crippen LogP contribution in [-0.4, -0.2) is 5.91 Å². The summed E-state index contributed by atoms with van der Waals surface area (Å²) in [6, 6.07) is 9.82. The van der Waals surface area contributed by atoms with Gasteiger partial charge in [-0.2, -0.15) is 0 Å². The van der Waals surface area contributed by atoms with E-state index in [0.717, 1.165) is 12.0 Å². The van der Waals surface area contributed by atoms with Crippen molar-refractivity contribution in [2.75, 3.05) is 0 Å². The van der Waals surface area contributed by atoms with Crippen LogP contribution in [0.3, 0.4) is 0 Å². The second-order valence-corrected chi connectivity index (χ2v) is 5.99. The van der Waals surface area contributed by atoms with E-state index in [1.165, 1.54) is 11.8 Å². The van der Waals surface area contributed by atoms with E-state index in [9.17, 15) is 4.79 Å². The Kier molecular flexibility index (Phi) is 5.07. The first-order chi connectivity index (χ1) is 9.97. The molecule has 0 aliphatic heterocycles. The van der Waals surface area contributed by atoms with Gasteiger partial charge in [-0.15, -0.1) is 0 Å². The van der Waals surface area contributed by atoms with Gasteiger partial charge in [0.2, 0.25) is 5.22 Å². The zero-order valence-corrected chi connectivity index (χ0v) is 13.3.